The molecule has 0 amide bonds. The lowest BCUT2D eigenvalue weighted by Gasteiger charge is -2.29. The molecule has 1 aliphatic rings. The topological polar surface area (TPSA) is 76.8 Å². The molecule has 116 valence electrons. The molecule has 4 heterocycles. The van der Waals surface area contributed by atoms with Gasteiger partial charge in [-0.25, -0.2) is 19.9 Å². The normalized spacial score (nSPS) is 14.1. The van der Waals surface area contributed by atoms with Gasteiger partial charge in [-0.05, 0) is 19.1 Å². The third-order valence-corrected chi connectivity index (χ3v) is 4.35. The zero-order valence-electron chi connectivity index (χ0n) is 13.0. The Morgan fingerprint density at radius 3 is 2.96 bits per heavy atom. The molecule has 0 saturated heterocycles. The average molecular weight is 308 g/mol. The Morgan fingerprint density at radius 1 is 1.22 bits per heavy atom. The fourth-order valence-electron chi connectivity index (χ4n) is 3.00. The van der Waals surface area contributed by atoms with E-state index in [9.17, 15) is 4.79 Å². The Labute approximate surface area is 132 Å². The number of anilines is 1. The van der Waals surface area contributed by atoms with Crippen molar-refractivity contribution in [2.75, 3.05) is 11.4 Å². The molecular weight excluding hydrogens is 292 g/mol. The van der Waals surface area contributed by atoms with E-state index in [1.54, 1.807) is 17.8 Å². The summed E-state index contributed by atoms with van der Waals surface area (Å²) in [7, 11) is 1.76. The summed E-state index contributed by atoms with van der Waals surface area (Å²) in [5.41, 5.74) is 2.34. The fourth-order valence-corrected chi connectivity index (χ4v) is 3.00. The number of hydrogen-bond donors (Lipinski definition) is 0. The van der Waals surface area contributed by atoms with E-state index in [2.05, 4.69) is 24.8 Å². The first-order chi connectivity index (χ1) is 11.1. The molecule has 23 heavy (non-hydrogen) atoms. The predicted octanol–water partition coefficient (Wildman–Crippen LogP) is 0.990. The van der Waals surface area contributed by atoms with Gasteiger partial charge in [-0.2, -0.15) is 0 Å². The van der Waals surface area contributed by atoms with Crippen LogP contribution in [0.15, 0.2) is 29.5 Å². The summed E-state index contributed by atoms with van der Waals surface area (Å²) in [6.07, 6.45) is 3.97. The van der Waals surface area contributed by atoms with E-state index in [4.69, 9.17) is 0 Å². The smallest absolute Gasteiger partial charge is 0.258 e. The van der Waals surface area contributed by atoms with Crippen molar-refractivity contribution in [2.45, 2.75) is 19.9 Å². The first kappa shape index (κ1) is 13.8. The minimum atomic E-state index is 0.0219. The molecule has 3 aromatic heterocycles. The molecule has 7 heteroatoms. The molecule has 7 nitrogen and oxygen atoms in total. The van der Waals surface area contributed by atoms with E-state index in [0.29, 0.717) is 12.2 Å². The summed E-state index contributed by atoms with van der Waals surface area (Å²) in [6, 6.07) is 3.83. The number of pyridine rings is 1. The van der Waals surface area contributed by atoms with Crippen LogP contribution in [0.4, 0.5) is 5.82 Å². The maximum absolute atomic E-state index is 12.5. The van der Waals surface area contributed by atoms with E-state index >= 15 is 0 Å². The highest BCUT2D eigenvalue weighted by atomic mass is 16.1. The van der Waals surface area contributed by atoms with Crippen LogP contribution < -0.4 is 10.5 Å². The Bertz CT molecular complexity index is 959. The van der Waals surface area contributed by atoms with Crippen molar-refractivity contribution in [1.82, 2.24) is 24.5 Å². The number of fused-ring (bicyclic) bond motifs is 2. The number of aryl methyl sites for hydroxylation is 1. The quantitative estimate of drug-likeness (QED) is 0.667. The van der Waals surface area contributed by atoms with Gasteiger partial charge in [0.25, 0.3) is 5.56 Å². The van der Waals surface area contributed by atoms with Gasteiger partial charge in [-0.3, -0.25) is 9.36 Å². The maximum Gasteiger partial charge on any atom is 0.258 e. The van der Waals surface area contributed by atoms with Crippen LogP contribution in [0.5, 0.6) is 0 Å². The van der Waals surface area contributed by atoms with Gasteiger partial charge in [0.2, 0.25) is 0 Å². The van der Waals surface area contributed by atoms with E-state index in [-0.39, 0.29) is 5.56 Å². The molecule has 0 unspecified atom stereocenters. The fraction of sp³-hybridized carbons (Fsp3) is 0.312. The highest BCUT2D eigenvalue weighted by molar-refractivity contribution is 5.86. The maximum atomic E-state index is 12.5. The molecule has 0 aliphatic carbocycles. The van der Waals surface area contributed by atoms with Crippen LogP contribution in [0.25, 0.3) is 11.0 Å². The Balaban J connectivity index is 1.81. The number of hydrogen-bond acceptors (Lipinski definition) is 6. The van der Waals surface area contributed by atoms with E-state index in [1.165, 1.54) is 6.33 Å². The molecule has 0 spiro atoms. The SMILES string of the molecule is Cc1nc2c(c(=O)n1C)CN(c1ncnc3ncccc13)CC2. The molecule has 0 aromatic carbocycles. The standard InChI is InChI=1S/C16H16N6O/c1-10-20-13-5-7-22(8-12(13)16(23)21(10)2)15-11-4-3-6-17-14(11)18-9-19-15/h3-4,6,9H,5,7-8H2,1-2H3. The lowest BCUT2D eigenvalue weighted by molar-refractivity contribution is 0.651. The molecule has 1 aliphatic heterocycles. The molecule has 4 rings (SSSR count). The minimum absolute atomic E-state index is 0.0219. The van der Waals surface area contributed by atoms with Gasteiger partial charge in [-0.15, -0.1) is 0 Å². The first-order valence-electron chi connectivity index (χ1n) is 7.51. The Hall–Kier alpha value is -2.83. The minimum Gasteiger partial charge on any atom is -0.351 e. The lowest BCUT2D eigenvalue weighted by atomic mass is 10.1. The molecule has 0 N–H and O–H groups in total. The monoisotopic (exact) mass is 308 g/mol. The number of nitrogens with zero attached hydrogens (tertiary/aromatic N) is 6. The van der Waals surface area contributed by atoms with Crippen LogP contribution in [0.3, 0.4) is 0 Å². The summed E-state index contributed by atoms with van der Waals surface area (Å²) in [6.45, 7) is 3.14. The molecule has 0 fully saturated rings. The zero-order valence-corrected chi connectivity index (χ0v) is 13.0. The highest BCUT2D eigenvalue weighted by Crippen LogP contribution is 2.25. The van der Waals surface area contributed by atoms with Crippen molar-refractivity contribution < 1.29 is 0 Å². The summed E-state index contributed by atoms with van der Waals surface area (Å²) >= 11 is 0. The van der Waals surface area contributed by atoms with Crippen LogP contribution in [-0.4, -0.2) is 31.0 Å². The summed E-state index contributed by atoms with van der Waals surface area (Å²) in [4.78, 5) is 32.1. The van der Waals surface area contributed by atoms with Crippen LogP contribution in [-0.2, 0) is 20.0 Å². The largest absolute Gasteiger partial charge is 0.351 e. The Morgan fingerprint density at radius 2 is 2.09 bits per heavy atom. The number of rotatable bonds is 1. The van der Waals surface area contributed by atoms with Gasteiger partial charge >= 0.3 is 0 Å². The lowest BCUT2D eigenvalue weighted by Crippen LogP contribution is -2.38. The summed E-state index contributed by atoms with van der Waals surface area (Å²) in [5.74, 6) is 1.57. The molecule has 0 atom stereocenters. The third-order valence-electron chi connectivity index (χ3n) is 4.35. The van der Waals surface area contributed by atoms with Crippen molar-refractivity contribution in [3.8, 4) is 0 Å². The molecule has 0 saturated carbocycles. The molecule has 3 aromatic rings. The second kappa shape index (κ2) is 5.12. The van der Waals surface area contributed by atoms with Gasteiger partial charge in [0.15, 0.2) is 5.65 Å². The van der Waals surface area contributed by atoms with E-state index in [0.717, 1.165) is 41.3 Å². The van der Waals surface area contributed by atoms with Gasteiger partial charge in [-0.1, -0.05) is 0 Å². The van der Waals surface area contributed by atoms with Crippen molar-refractivity contribution in [2.24, 2.45) is 7.05 Å². The second-order valence-electron chi connectivity index (χ2n) is 5.69. The van der Waals surface area contributed by atoms with Crippen molar-refractivity contribution in [1.29, 1.82) is 0 Å². The summed E-state index contributed by atoms with van der Waals surface area (Å²) < 4.78 is 1.60. The van der Waals surface area contributed by atoms with Gasteiger partial charge < -0.3 is 4.90 Å². The molecule has 0 bridgehead atoms. The van der Waals surface area contributed by atoms with Crippen LogP contribution in [0.1, 0.15) is 17.1 Å². The van der Waals surface area contributed by atoms with Gasteiger partial charge in [0.1, 0.15) is 18.0 Å². The van der Waals surface area contributed by atoms with E-state index in [1.807, 2.05) is 19.1 Å². The zero-order chi connectivity index (χ0) is 16.0. The first-order valence-corrected chi connectivity index (χ1v) is 7.51. The van der Waals surface area contributed by atoms with Crippen molar-refractivity contribution in [3.63, 3.8) is 0 Å². The highest BCUT2D eigenvalue weighted by Gasteiger charge is 2.24. The van der Waals surface area contributed by atoms with Crippen molar-refractivity contribution >= 4 is 16.9 Å². The Kier molecular flexibility index (Phi) is 3.07. The van der Waals surface area contributed by atoms with Crippen LogP contribution in [0.2, 0.25) is 0 Å². The van der Waals surface area contributed by atoms with Gasteiger partial charge in [0.05, 0.1) is 23.2 Å². The number of aromatic nitrogens is 5. The van der Waals surface area contributed by atoms with Gasteiger partial charge in [0, 0.05) is 26.2 Å². The third kappa shape index (κ3) is 2.16. The molecule has 0 radical (unpaired) electrons. The molecular formula is C16H16N6O. The van der Waals surface area contributed by atoms with Crippen LogP contribution >= 0.6 is 0 Å². The van der Waals surface area contributed by atoms with E-state index < -0.39 is 0 Å². The van der Waals surface area contributed by atoms with Crippen LogP contribution in [0, 0.1) is 6.92 Å². The average Bonchev–Trinajstić information content (AvgIpc) is 2.59. The predicted molar refractivity (Wildman–Crippen MR) is 86.3 cm³/mol. The second-order valence-corrected chi connectivity index (χ2v) is 5.69. The van der Waals surface area contributed by atoms with Crippen molar-refractivity contribution in [3.05, 3.63) is 52.1 Å². The summed E-state index contributed by atoms with van der Waals surface area (Å²) in [5, 5.41) is 0.898.